The van der Waals surface area contributed by atoms with E-state index >= 15 is 0 Å². The second-order valence-electron chi connectivity index (χ2n) is 8.25. The van der Waals surface area contributed by atoms with E-state index in [1.54, 1.807) is 12.3 Å². The number of aliphatic hydroxyl groups excluding tert-OH is 1. The SMILES string of the molecule is COc1cnc(Cl)cc1-c1cc(C)ncc1C(=O)Nc1nc2cnc(C3=CC[C@@H](O)CC3)cc2s1. The summed E-state index contributed by atoms with van der Waals surface area (Å²) in [4.78, 5) is 30.8. The van der Waals surface area contributed by atoms with Crippen molar-refractivity contribution in [2.45, 2.75) is 32.3 Å². The fraction of sp³-hybridized carbons (Fsp3) is 0.240. The number of aryl methyl sites for hydroxylation is 1. The minimum absolute atomic E-state index is 0.281. The normalized spacial score (nSPS) is 15.7. The largest absolute Gasteiger partial charge is 0.494 e. The number of amides is 1. The molecule has 0 aliphatic heterocycles. The predicted molar refractivity (Wildman–Crippen MR) is 137 cm³/mol. The zero-order valence-electron chi connectivity index (χ0n) is 19.1. The molecule has 0 aromatic carbocycles. The van der Waals surface area contributed by atoms with Crippen LogP contribution in [0.5, 0.6) is 5.75 Å². The standard InChI is InChI=1S/C25H22ClN5O3S/c1-13-7-16(17-8-23(26)29-12-21(17)34-2)18(10-27-13)24(33)31-25-30-20-11-28-19(9-22(20)35-25)14-3-5-15(32)6-4-14/h3,7-12,15,32H,4-6H2,1-2H3,(H,30,31,33)/t15-/m1/s1. The van der Waals surface area contributed by atoms with Crippen LogP contribution in [0.2, 0.25) is 5.15 Å². The number of hydrogen-bond donors (Lipinski definition) is 2. The molecule has 1 atom stereocenters. The molecule has 2 N–H and O–H groups in total. The fourth-order valence-corrected chi connectivity index (χ4v) is 5.06. The third-order valence-corrected chi connectivity index (χ3v) is 6.98. The Kier molecular flexibility index (Phi) is 6.46. The van der Waals surface area contributed by atoms with E-state index in [1.165, 1.54) is 30.8 Å². The van der Waals surface area contributed by atoms with Crippen LogP contribution in [0.4, 0.5) is 5.13 Å². The highest BCUT2D eigenvalue weighted by molar-refractivity contribution is 7.22. The highest BCUT2D eigenvalue weighted by Crippen LogP contribution is 2.35. The number of anilines is 1. The molecule has 0 fully saturated rings. The molecule has 4 aromatic rings. The lowest BCUT2D eigenvalue weighted by Gasteiger charge is -2.16. The van der Waals surface area contributed by atoms with Crippen molar-refractivity contribution in [3.63, 3.8) is 0 Å². The molecule has 0 radical (unpaired) electrons. The summed E-state index contributed by atoms with van der Waals surface area (Å²) < 4.78 is 6.36. The van der Waals surface area contributed by atoms with Crippen LogP contribution < -0.4 is 10.1 Å². The summed E-state index contributed by atoms with van der Waals surface area (Å²) in [6.07, 6.45) is 8.68. The molecular formula is C25H22ClN5O3S. The van der Waals surface area contributed by atoms with Gasteiger partial charge in [-0.05, 0) is 50.0 Å². The number of thiazole rings is 1. The van der Waals surface area contributed by atoms with E-state index in [9.17, 15) is 9.90 Å². The Hall–Kier alpha value is -3.40. The molecule has 0 spiro atoms. The van der Waals surface area contributed by atoms with Crippen LogP contribution in [0.15, 0.2) is 42.9 Å². The van der Waals surface area contributed by atoms with Gasteiger partial charge < -0.3 is 9.84 Å². The van der Waals surface area contributed by atoms with Gasteiger partial charge in [-0.15, -0.1) is 0 Å². The van der Waals surface area contributed by atoms with Crippen molar-refractivity contribution in [1.82, 2.24) is 19.9 Å². The molecule has 1 amide bonds. The maximum atomic E-state index is 13.3. The van der Waals surface area contributed by atoms with Crippen molar-refractivity contribution >= 4 is 49.8 Å². The maximum Gasteiger partial charge on any atom is 0.259 e. The second kappa shape index (κ2) is 9.69. The van der Waals surface area contributed by atoms with E-state index in [1.807, 2.05) is 25.1 Å². The summed E-state index contributed by atoms with van der Waals surface area (Å²) in [6.45, 7) is 1.85. The zero-order chi connectivity index (χ0) is 24.5. The molecule has 178 valence electrons. The Bertz CT molecular complexity index is 1470. The lowest BCUT2D eigenvalue weighted by atomic mass is 9.95. The summed E-state index contributed by atoms with van der Waals surface area (Å²) in [5, 5.41) is 13.4. The number of fused-ring (bicyclic) bond motifs is 1. The summed E-state index contributed by atoms with van der Waals surface area (Å²) in [6, 6.07) is 5.46. The molecule has 10 heteroatoms. The number of nitrogens with zero attached hydrogens (tertiary/aromatic N) is 4. The summed E-state index contributed by atoms with van der Waals surface area (Å²) in [5.74, 6) is 0.149. The first-order valence-corrected chi connectivity index (χ1v) is 12.2. The molecule has 35 heavy (non-hydrogen) atoms. The van der Waals surface area contributed by atoms with Gasteiger partial charge >= 0.3 is 0 Å². The van der Waals surface area contributed by atoms with Crippen LogP contribution >= 0.6 is 22.9 Å². The van der Waals surface area contributed by atoms with Gasteiger partial charge in [-0.1, -0.05) is 29.0 Å². The Morgan fingerprint density at radius 1 is 1.17 bits per heavy atom. The monoisotopic (exact) mass is 507 g/mol. The van der Waals surface area contributed by atoms with Gasteiger partial charge in [0.2, 0.25) is 0 Å². The lowest BCUT2D eigenvalue weighted by Crippen LogP contribution is -2.14. The molecular weight excluding hydrogens is 486 g/mol. The number of rotatable bonds is 5. The Morgan fingerprint density at radius 2 is 2.03 bits per heavy atom. The molecule has 4 aromatic heterocycles. The molecule has 0 saturated heterocycles. The first kappa shape index (κ1) is 23.3. The first-order valence-electron chi connectivity index (χ1n) is 11.0. The van der Waals surface area contributed by atoms with Crippen LogP contribution in [0.3, 0.4) is 0 Å². The quantitative estimate of drug-likeness (QED) is 0.353. The molecule has 1 aliphatic carbocycles. The number of halogens is 1. The van der Waals surface area contributed by atoms with Crippen molar-refractivity contribution in [1.29, 1.82) is 0 Å². The number of pyridine rings is 3. The fourth-order valence-electron chi connectivity index (χ4n) is 4.03. The van der Waals surface area contributed by atoms with E-state index in [0.717, 1.165) is 34.5 Å². The third kappa shape index (κ3) is 4.88. The van der Waals surface area contributed by atoms with Crippen molar-refractivity contribution in [3.05, 3.63) is 65.0 Å². The number of carbonyl (C=O) groups excluding carboxylic acids is 1. The average Bonchev–Trinajstić information content (AvgIpc) is 3.25. The average molecular weight is 508 g/mol. The highest BCUT2D eigenvalue weighted by atomic mass is 35.5. The van der Waals surface area contributed by atoms with Crippen LogP contribution in [0.25, 0.3) is 26.9 Å². The molecule has 0 unspecified atom stereocenters. The molecule has 5 rings (SSSR count). The first-order chi connectivity index (χ1) is 16.9. The van der Waals surface area contributed by atoms with Crippen molar-refractivity contribution in [3.8, 4) is 16.9 Å². The van der Waals surface area contributed by atoms with E-state index in [4.69, 9.17) is 16.3 Å². The summed E-state index contributed by atoms with van der Waals surface area (Å²) in [7, 11) is 1.54. The van der Waals surface area contributed by atoms with Gasteiger partial charge in [-0.2, -0.15) is 0 Å². The van der Waals surface area contributed by atoms with Gasteiger partial charge in [-0.25, -0.2) is 9.97 Å². The molecule has 0 bridgehead atoms. The van der Waals surface area contributed by atoms with Crippen molar-refractivity contribution < 1.29 is 14.6 Å². The second-order valence-corrected chi connectivity index (χ2v) is 9.66. The van der Waals surface area contributed by atoms with Gasteiger partial charge in [-0.3, -0.25) is 20.1 Å². The van der Waals surface area contributed by atoms with E-state index < -0.39 is 0 Å². The van der Waals surface area contributed by atoms with E-state index in [0.29, 0.717) is 44.7 Å². The molecule has 1 aliphatic rings. The van der Waals surface area contributed by atoms with Crippen LogP contribution in [0.1, 0.15) is 41.0 Å². The molecule has 0 saturated carbocycles. The van der Waals surface area contributed by atoms with Crippen molar-refractivity contribution in [2.75, 3.05) is 12.4 Å². The van der Waals surface area contributed by atoms with Gasteiger partial charge in [0.15, 0.2) is 5.13 Å². The highest BCUT2D eigenvalue weighted by Gasteiger charge is 2.20. The smallest absolute Gasteiger partial charge is 0.259 e. The number of allylic oxidation sites excluding steroid dienone is 1. The predicted octanol–water partition coefficient (Wildman–Crippen LogP) is 5.30. The van der Waals surface area contributed by atoms with Crippen LogP contribution in [-0.4, -0.2) is 44.2 Å². The molecule has 4 heterocycles. The Balaban J connectivity index is 1.45. The van der Waals surface area contributed by atoms with Gasteiger partial charge in [0.05, 0.1) is 41.6 Å². The topological polar surface area (TPSA) is 110 Å². The number of aliphatic hydroxyl groups is 1. The lowest BCUT2D eigenvalue weighted by molar-refractivity contribution is 0.102. The third-order valence-electron chi connectivity index (χ3n) is 5.84. The summed E-state index contributed by atoms with van der Waals surface area (Å²) in [5.41, 5.74) is 5.08. The number of aromatic nitrogens is 4. The van der Waals surface area contributed by atoms with Crippen LogP contribution in [-0.2, 0) is 0 Å². The number of methoxy groups -OCH3 is 1. The van der Waals surface area contributed by atoms with E-state index in [2.05, 4.69) is 25.3 Å². The Morgan fingerprint density at radius 3 is 2.80 bits per heavy atom. The number of carbonyl (C=O) groups is 1. The van der Waals surface area contributed by atoms with Gasteiger partial charge in [0.1, 0.15) is 16.4 Å². The number of nitrogens with one attached hydrogen (secondary N) is 1. The molecule has 8 nitrogen and oxygen atoms in total. The minimum atomic E-state index is -0.348. The van der Waals surface area contributed by atoms with Gasteiger partial charge in [0, 0.05) is 23.0 Å². The Labute approximate surface area is 210 Å². The van der Waals surface area contributed by atoms with Crippen molar-refractivity contribution in [2.24, 2.45) is 0 Å². The number of hydrogen-bond acceptors (Lipinski definition) is 8. The van der Waals surface area contributed by atoms with E-state index in [-0.39, 0.29) is 12.0 Å². The minimum Gasteiger partial charge on any atom is -0.494 e. The summed E-state index contributed by atoms with van der Waals surface area (Å²) >= 11 is 7.51. The maximum absolute atomic E-state index is 13.3. The van der Waals surface area contributed by atoms with Gasteiger partial charge in [0.25, 0.3) is 5.91 Å². The van der Waals surface area contributed by atoms with Crippen LogP contribution in [0, 0.1) is 6.92 Å². The zero-order valence-corrected chi connectivity index (χ0v) is 20.7. The number of ether oxygens (including phenoxy) is 1.